The molecule has 2 amide bonds. The zero-order chi connectivity index (χ0) is 29.9. The van der Waals surface area contributed by atoms with Gasteiger partial charge in [0.25, 0.3) is 11.8 Å². The second-order valence-corrected chi connectivity index (χ2v) is 13.1. The number of aromatic nitrogens is 1. The van der Waals surface area contributed by atoms with Crippen molar-refractivity contribution in [3.63, 3.8) is 0 Å². The summed E-state index contributed by atoms with van der Waals surface area (Å²) in [5, 5.41) is 17.3. The zero-order valence-corrected chi connectivity index (χ0v) is 25.3. The topological polar surface area (TPSA) is 174 Å². The summed E-state index contributed by atoms with van der Waals surface area (Å²) < 4.78 is 5.16. The van der Waals surface area contributed by atoms with Crippen molar-refractivity contribution in [2.45, 2.75) is 48.6 Å². The summed E-state index contributed by atoms with van der Waals surface area (Å²) in [6.07, 6.45) is 0. The van der Waals surface area contributed by atoms with Gasteiger partial charge in [0.05, 0.1) is 0 Å². The number of anilines is 1. The van der Waals surface area contributed by atoms with Gasteiger partial charge in [0.2, 0.25) is 6.61 Å². The van der Waals surface area contributed by atoms with Crippen LogP contribution < -0.4 is 11.1 Å². The van der Waals surface area contributed by atoms with Crippen molar-refractivity contribution in [3.05, 3.63) is 51.5 Å². The molecular weight excluding hydrogens is 614 g/mol. The van der Waals surface area contributed by atoms with E-state index in [-0.39, 0.29) is 22.2 Å². The molecule has 4 rings (SSSR count). The highest BCUT2D eigenvalue weighted by atomic mass is 35.5. The number of carboxylic acid groups (broad SMARTS) is 1. The number of β-lactam (4-membered cyclic amide) rings is 1. The van der Waals surface area contributed by atoms with Gasteiger partial charge in [0.1, 0.15) is 28.4 Å². The van der Waals surface area contributed by atoms with Crippen LogP contribution in [0, 0.1) is 0 Å². The lowest BCUT2D eigenvalue weighted by atomic mass is 10.0. The summed E-state index contributed by atoms with van der Waals surface area (Å²) in [6, 6.07) is 6.35. The highest BCUT2D eigenvalue weighted by molar-refractivity contribution is 8.06. The summed E-state index contributed by atoms with van der Waals surface area (Å²) in [5.74, 6) is -2.66. The Balaban J connectivity index is 1.48. The molecule has 1 fully saturated rings. The molecule has 0 unspecified atom stereocenters. The maximum Gasteiger partial charge on any atom is 0.353 e. The van der Waals surface area contributed by atoms with E-state index < -0.39 is 47.4 Å². The van der Waals surface area contributed by atoms with Crippen LogP contribution in [0.25, 0.3) is 0 Å². The maximum absolute atomic E-state index is 13.2. The van der Waals surface area contributed by atoms with Crippen LogP contribution in [-0.4, -0.2) is 73.8 Å². The van der Waals surface area contributed by atoms with E-state index in [2.05, 4.69) is 15.5 Å². The van der Waals surface area contributed by atoms with E-state index in [1.165, 1.54) is 33.8 Å². The molecule has 2 aliphatic rings. The molecule has 0 aliphatic carbocycles. The quantitative estimate of drug-likeness (QED) is 0.115. The van der Waals surface area contributed by atoms with Crippen molar-refractivity contribution in [2.75, 3.05) is 18.1 Å². The monoisotopic (exact) mass is 639 g/mol. The number of ether oxygens (including phenoxy) is 1. The number of amides is 2. The number of hydrogen-bond donors (Lipinski definition) is 3. The number of hydrogen-bond acceptors (Lipinski definition) is 12. The zero-order valence-electron chi connectivity index (χ0n) is 22.1. The number of aliphatic carboxylic acids is 1. The average Bonchev–Trinajstić information content (AvgIpc) is 3.34. The molecule has 0 bridgehead atoms. The van der Waals surface area contributed by atoms with E-state index in [1.807, 2.05) is 24.3 Å². The van der Waals surface area contributed by atoms with E-state index in [1.54, 1.807) is 20.8 Å². The van der Waals surface area contributed by atoms with Gasteiger partial charge in [-0.25, -0.2) is 14.6 Å². The first kappa shape index (κ1) is 30.7. The van der Waals surface area contributed by atoms with Crippen LogP contribution in [0.15, 0.2) is 50.3 Å². The Kier molecular flexibility index (Phi) is 9.51. The molecule has 1 aromatic heterocycles. The fourth-order valence-corrected chi connectivity index (χ4v) is 6.99. The molecule has 16 heteroatoms. The van der Waals surface area contributed by atoms with Crippen molar-refractivity contribution >= 4 is 81.1 Å². The number of carboxylic acids is 1. The number of halogens is 1. The number of carbonyl (C=O) groups is 4. The highest BCUT2D eigenvalue weighted by Crippen LogP contribution is 2.45. The average molecular weight is 640 g/mol. The molecule has 0 spiro atoms. The standard InChI is InChI=1S/C25H26ClN5O7S3/c1-25(2,3)38-16(32)9-37-30-17(14-10-40-24(27)28-14)20(33)29-18-21(34)31-19(23(35)36)15(11-39-22(18)31)41-13-6-4-12(8-26)5-7-13/h4-7,10,18,22H,8-9,11H2,1-3H3,(H2,27,28)(H,29,33)(H,35,36)/t18-,22+/m1/s1. The highest BCUT2D eigenvalue weighted by Gasteiger charge is 2.54. The first-order valence-electron chi connectivity index (χ1n) is 12.1. The summed E-state index contributed by atoms with van der Waals surface area (Å²) >= 11 is 9.49. The molecule has 1 aromatic carbocycles. The number of carbonyl (C=O) groups excluding carboxylic acids is 3. The molecule has 1 saturated heterocycles. The molecule has 2 aliphatic heterocycles. The molecule has 41 heavy (non-hydrogen) atoms. The van der Waals surface area contributed by atoms with E-state index in [0.29, 0.717) is 16.5 Å². The number of rotatable bonds is 10. The van der Waals surface area contributed by atoms with Crippen LogP contribution in [0.4, 0.5) is 5.13 Å². The van der Waals surface area contributed by atoms with Crippen LogP contribution >= 0.6 is 46.5 Å². The third kappa shape index (κ3) is 7.33. The first-order chi connectivity index (χ1) is 19.4. The third-order valence-electron chi connectivity index (χ3n) is 5.48. The summed E-state index contributed by atoms with van der Waals surface area (Å²) in [4.78, 5) is 62.1. The van der Waals surface area contributed by atoms with Gasteiger partial charge in [0.15, 0.2) is 10.8 Å². The Morgan fingerprint density at radius 2 is 2.00 bits per heavy atom. The molecule has 12 nitrogen and oxygen atoms in total. The van der Waals surface area contributed by atoms with Crippen LogP contribution in [0.1, 0.15) is 32.0 Å². The van der Waals surface area contributed by atoms with E-state index >= 15 is 0 Å². The van der Waals surface area contributed by atoms with Gasteiger partial charge in [-0.2, -0.15) is 0 Å². The number of fused-ring (bicyclic) bond motifs is 1. The van der Waals surface area contributed by atoms with E-state index in [0.717, 1.165) is 21.8 Å². The minimum Gasteiger partial charge on any atom is -0.477 e. The fraction of sp³-hybridized carbons (Fsp3) is 0.360. The molecule has 4 N–H and O–H groups in total. The predicted octanol–water partition coefficient (Wildman–Crippen LogP) is 3.01. The maximum atomic E-state index is 13.2. The number of thiazole rings is 1. The summed E-state index contributed by atoms with van der Waals surface area (Å²) in [7, 11) is 0. The number of benzene rings is 1. The SMILES string of the molecule is CC(C)(C)OC(=O)CON=C(C(=O)N[C@@H]1C(=O)N2C(C(=O)O)=C(Sc3ccc(CCl)cc3)CS[C@@H]12)c1csc(N)n1. The molecule has 0 radical (unpaired) electrons. The Morgan fingerprint density at radius 1 is 1.29 bits per heavy atom. The Bertz CT molecular complexity index is 1420. The molecule has 2 atom stereocenters. The summed E-state index contributed by atoms with van der Waals surface area (Å²) in [5.41, 5.74) is 5.55. The van der Waals surface area contributed by atoms with Gasteiger partial charge in [-0.15, -0.1) is 34.7 Å². The first-order valence-corrected chi connectivity index (χ1v) is 15.3. The van der Waals surface area contributed by atoms with E-state index in [9.17, 15) is 24.3 Å². The Morgan fingerprint density at radius 3 is 2.59 bits per heavy atom. The second-order valence-electron chi connectivity index (χ2n) is 9.69. The van der Waals surface area contributed by atoms with Crippen LogP contribution in [0.3, 0.4) is 0 Å². The van der Waals surface area contributed by atoms with Crippen LogP contribution in [-0.2, 0) is 34.6 Å². The number of nitrogens with one attached hydrogen (secondary N) is 1. The van der Waals surface area contributed by atoms with Crippen molar-refractivity contribution in [3.8, 4) is 0 Å². The minimum atomic E-state index is -1.25. The van der Waals surface area contributed by atoms with Crippen molar-refractivity contribution in [1.29, 1.82) is 0 Å². The molecule has 0 saturated carbocycles. The van der Waals surface area contributed by atoms with Gasteiger partial charge < -0.3 is 25.7 Å². The lowest BCUT2D eigenvalue weighted by Crippen LogP contribution is -2.71. The lowest BCUT2D eigenvalue weighted by Gasteiger charge is -2.49. The van der Waals surface area contributed by atoms with Crippen LogP contribution in [0.2, 0.25) is 0 Å². The lowest BCUT2D eigenvalue weighted by molar-refractivity contribution is -0.160. The number of thioether (sulfide) groups is 2. The van der Waals surface area contributed by atoms with Gasteiger partial charge >= 0.3 is 11.9 Å². The second kappa shape index (κ2) is 12.7. The smallest absolute Gasteiger partial charge is 0.353 e. The molecule has 3 heterocycles. The number of nitrogens with zero attached hydrogens (tertiary/aromatic N) is 3. The van der Waals surface area contributed by atoms with Crippen molar-refractivity contribution < 1.29 is 33.9 Å². The number of esters is 1. The predicted molar refractivity (Wildman–Crippen MR) is 156 cm³/mol. The largest absolute Gasteiger partial charge is 0.477 e. The summed E-state index contributed by atoms with van der Waals surface area (Å²) in [6.45, 7) is 4.52. The van der Waals surface area contributed by atoms with Gasteiger partial charge in [-0.3, -0.25) is 14.5 Å². The van der Waals surface area contributed by atoms with Gasteiger partial charge in [-0.05, 0) is 38.5 Å². The number of oxime groups is 1. The number of alkyl halides is 1. The fourth-order valence-electron chi connectivity index (χ4n) is 3.79. The Labute approximate surface area is 252 Å². The number of nitrogens with two attached hydrogens (primary N) is 1. The normalized spacial score (nSPS) is 18.9. The van der Waals surface area contributed by atoms with Gasteiger partial charge in [-0.1, -0.05) is 29.1 Å². The van der Waals surface area contributed by atoms with Crippen LogP contribution in [0.5, 0.6) is 0 Å². The molecular formula is C25H26ClN5O7S3. The van der Waals surface area contributed by atoms with Gasteiger partial charge in [0, 0.05) is 26.8 Å². The molecule has 218 valence electrons. The van der Waals surface area contributed by atoms with Crippen molar-refractivity contribution in [2.24, 2.45) is 5.16 Å². The Hall–Kier alpha value is -3.27. The number of nitrogen functional groups attached to an aromatic ring is 1. The van der Waals surface area contributed by atoms with Crippen molar-refractivity contribution in [1.82, 2.24) is 15.2 Å². The third-order valence-corrected chi connectivity index (χ3v) is 9.02. The van der Waals surface area contributed by atoms with E-state index in [4.69, 9.17) is 26.9 Å². The minimum absolute atomic E-state index is 0.0825. The molecule has 2 aromatic rings.